The first-order valence-electron chi connectivity index (χ1n) is 12.6. The molecule has 1 aromatic carbocycles. The zero-order valence-corrected chi connectivity index (χ0v) is 20.7. The summed E-state index contributed by atoms with van der Waals surface area (Å²) in [5.41, 5.74) is 0.775. The first-order valence-corrected chi connectivity index (χ1v) is 12.6. The van der Waals surface area contributed by atoms with Crippen LogP contribution in [0.25, 0.3) is 0 Å². The molecule has 2 aromatic rings. The Labute approximate surface area is 209 Å². The van der Waals surface area contributed by atoms with E-state index in [0.29, 0.717) is 36.8 Å². The highest BCUT2D eigenvalue weighted by Crippen LogP contribution is 2.51. The summed E-state index contributed by atoms with van der Waals surface area (Å²) < 4.78 is 38.3. The third kappa shape index (κ3) is 5.14. The molecule has 1 aliphatic carbocycles. The molecule has 2 aliphatic heterocycles. The SMILES string of the molecule is C[C@@H]1CN(c2cnc(C(F)(F)F)cn2)C[C@@H](C)N1C(=O)NCC1CC2(C1)CN(Cc1ccccc1)C2. The topological polar surface area (TPSA) is 64.6 Å². The highest BCUT2D eigenvalue weighted by molar-refractivity contribution is 5.75. The van der Waals surface area contributed by atoms with Crippen LogP contribution in [0, 0.1) is 11.3 Å². The smallest absolute Gasteiger partial charge is 0.351 e. The Morgan fingerprint density at radius 1 is 1.06 bits per heavy atom. The Kier molecular flexibility index (Phi) is 6.57. The number of carbonyl (C=O) groups is 1. The van der Waals surface area contributed by atoms with Crippen molar-refractivity contribution < 1.29 is 18.0 Å². The Balaban J connectivity index is 1.06. The van der Waals surface area contributed by atoms with Gasteiger partial charge in [-0.25, -0.2) is 14.8 Å². The van der Waals surface area contributed by atoms with E-state index in [-0.39, 0.29) is 18.1 Å². The van der Waals surface area contributed by atoms with E-state index in [0.717, 1.165) is 44.9 Å². The summed E-state index contributed by atoms with van der Waals surface area (Å²) in [6.45, 7) is 8.84. The zero-order valence-electron chi connectivity index (χ0n) is 20.7. The lowest BCUT2D eigenvalue weighted by Crippen LogP contribution is -2.64. The number of likely N-dealkylation sites (tertiary alicyclic amines) is 1. The van der Waals surface area contributed by atoms with Gasteiger partial charge in [0, 0.05) is 51.4 Å². The van der Waals surface area contributed by atoms with Crippen molar-refractivity contribution >= 4 is 11.8 Å². The normalized spacial score (nSPS) is 24.4. The van der Waals surface area contributed by atoms with Gasteiger partial charge in [-0.3, -0.25) is 4.90 Å². The van der Waals surface area contributed by atoms with Gasteiger partial charge in [0.2, 0.25) is 0 Å². The van der Waals surface area contributed by atoms with Crippen LogP contribution in [-0.4, -0.2) is 70.6 Å². The Bertz CT molecular complexity index is 1040. The summed E-state index contributed by atoms with van der Waals surface area (Å²) in [4.78, 5) is 26.7. The van der Waals surface area contributed by atoms with Crippen LogP contribution in [-0.2, 0) is 12.7 Å². The molecule has 0 unspecified atom stereocenters. The lowest BCUT2D eigenvalue weighted by atomic mass is 9.57. The van der Waals surface area contributed by atoms with Gasteiger partial charge in [0.05, 0.1) is 12.4 Å². The maximum atomic E-state index is 13.0. The second kappa shape index (κ2) is 9.53. The number of rotatable bonds is 5. The molecule has 36 heavy (non-hydrogen) atoms. The molecule has 1 saturated carbocycles. The molecule has 0 radical (unpaired) electrons. The van der Waals surface area contributed by atoms with E-state index in [1.165, 1.54) is 5.56 Å². The molecule has 1 spiro atoms. The van der Waals surface area contributed by atoms with Crippen molar-refractivity contribution in [2.45, 2.75) is 51.5 Å². The van der Waals surface area contributed by atoms with Crippen LogP contribution in [0.4, 0.5) is 23.8 Å². The molecule has 7 nitrogen and oxygen atoms in total. The number of anilines is 1. The Morgan fingerprint density at radius 3 is 2.31 bits per heavy atom. The van der Waals surface area contributed by atoms with Gasteiger partial charge in [0.25, 0.3) is 0 Å². The van der Waals surface area contributed by atoms with E-state index >= 15 is 0 Å². The van der Waals surface area contributed by atoms with Crippen molar-refractivity contribution in [1.29, 1.82) is 0 Å². The first-order chi connectivity index (χ1) is 17.1. The predicted molar refractivity (Wildman–Crippen MR) is 130 cm³/mol. The third-order valence-electron chi connectivity index (χ3n) is 7.76. The van der Waals surface area contributed by atoms with Gasteiger partial charge < -0.3 is 15.1 Å². The van der Waals surface area contributed by atoms with Crippen LogP contribution in [0.2, 0.25) is 0 Å². The van der Waals surface area contributed by atoms with Crippen molar-refractivity contribution in [2.75, 3.05) is 37.6 Å². The molecular formula is C26H33F3N6O. The van der Waals surface area contributed by atoms with Gasteiger partial charge in [-0.05, 0) is 43.6 Å². The Morgan fingerprint density at radius 2 is 1.72 bits per heavy atom. The van der Waals surface area contributed by atoms with E-state index < -0.39 is 11.9 Å². The molecule has 5 rings (SSSR count). The van der Waals surface area contributed by atoms with Crippen LogP contribution in [0.1, 0.15) is 37.9 Å². The van der Waals surface area contributed by atoms with E-state index in [2.05, 4.69) is 44.5 Å². The van der Waals surface area contributed by atoms with E-state index in [9.17, 15) is 18.0 Å². The lowest BCUT2D eigenvalue weighted by Gasteiger charge is -2.59. The lowest BCUT2D eigenvalue weighted by molar-refractivity contribution is -0.141. The predicted octanol–water partition coefficient (Wildman–Crippen LogP) is 4.02. The number of nitrogens with zero attached hydrogens (tertiary/aromatic N) is 5. The fourth-order valence-corrected chi connectivity index (χ4v) is 6.29. The summed E-state index contributed by atoms with van der Waals surface area (Å²) in [7, 11) is 0. The molecule has 2 atom stereocenters. The minimum absolute atomic E-state index is 0.0755. The van der Waals surface area contributed by atoms with Crippen molar-refractivity contribution in [3.05, 3.63) is 54.0 Å². The third-order valence-corrected chi connectivity index (χ3v) is 7.76. The number of piperazine rings is 1. The van der Waals surface area contributed by atoms with Crippen molar-refractivity contribution in [1.82, 2.24) is 25.1 Å². The number of halogens is 3. The molecule has 1 aromatic heterocycles. The number of nitrogens with one attached hydrogen (secondary N) is 1. The van der Waals surface area contributed by atoms with Crippen LogP contribution >= 0.6 is 0 Å². The average molecular weight is 503 g/mol. The molecular weight excluding hydrogens is 469 g/mol. The monoisotopic (exact) mass is 502 g/mol. The van der Waals surface area contributed by atoms with Crippen molar-refractivity contribution in [3.8, 4) is 0 Å². The standard InChI is InChI=1S/C26H33F3N6O/c1-18-13-34(23-12-30-22(11-31-23)26(27,28)29)14-19(2)35(18)24(36)32-10-21-8-25(9-21)16-33(17-25)15-20-6-4-3-5-7-20/h3-7,11-12,18-19,21H,8-10,13-17H2,1-2H3,(H,32,36)/t18-,19-/m1/s1. The first kappa shape index (κ1) is 24.8. The second-order valence-electron chi connectivity index (χ2n) is 10.9. The number of aromatic nitrogens is 2. The number of amides is 2. The van der Waals surface area contributed by atoms with Crippen LogP contribution in [0.5, 0.6) is 0 Å². The number of hydrogen-bond donors (Lipinski definition) is 1. The van der Waals surface area contributed by atoms with E-state index in [4.69, 9.17) is 0 Å². The number of benzene rings is 1. The highest BCUT2D eigenvalue weighted by atomic mass is 19.4. The zero-order chi connectivity index (χ0) is 25.5. The molecule has 3 fully saturated rings. The largest absolute Gasteiger partial charge is 0.434 e. The number of urea groups is 1. The molecule has 3 heterocycles. The number of alkyl halides is 3. The molecule has 10 heteroatoms. The maximum absolute atomic E-state index is 13.0. The summed E-state index contributed by atoms with van der Waals surface area (Å²) >= 11 is 0. The molecule has 1 N–H and O–H groups in total. The molecule has 194 valence electrons. The van der Waals surface area contributed by atoms with E-state index in [1.54, 1.807) is 0 Å². The van der Waals surface area contributed by atoms with Crippen LogP contribution in [0.15, 0.2) is 42.7 Å². The molecule has 3 aliphatic rings. The fourth-order valence-electron chi connectivity index (χ4n) is 6.29. The van der Waals surface area contributed by atoms with Crippen molar-refractivity contribution in [3.63, 3.8) is 0 Å². The molecule has 0 bridgehead atoms. The molecule has 2 amide bonds. The summed E-state index contributed by atoms with van der Waals surface area (Å²) in [6.07, 6.45) is -0.277. The fraction of sp³-hybridized carbons (Fsp3) is 0.577. The van der Waals surface area contributed by atoms with Crippen molar-refractivity contribution in [2.24, 2.45) is 11.3 Å². The van der Waals surface area contributed by atoms with Crippen LogP contribution < -0.4 is 10.2 Å². The van der Waals surface area contributed by atoms with Gasteiger partial charge in [-0.1, -0.05) is 30.3 Å². The average Bonchev–Trinajstić information content (AvgIpc) is 2.78. The summed E-state index contributed by atoms with van der Waals surface area (Å²) in [5.74, 6) is 0.908. The van der Waals surface area contributed by atoms with Gasteiger partial charge in [-0.2, -0.15) is 13.2 Å². The van der Waals surface area contributed by atoms with Gasteiger partial charge in [-0.15, -0.1) is 0 Å². The van der Waals surface area contributed by atoms with Gasteiger partial charge >= 0.3 is 12.2 Å². The van der Waals surface area contributed by atoms with Crippen LogP contribution in [0.3, 0.4) is 0 Å². The van der Waals surface area contributed by atoms with E-state index in [1.807, 2.05) is 29.7 Å². The Hall–Kier alpha value is -2.88. The minimum Gasteiger partial charge on any atom is -0.351 e. The number of carbonyl (C=O) groups excluding carboxylic acids is 1. The maximum Gasteiger partial charge on any atom is 0.434 e. The minimum atomic E-state index is -4.51. The van der Waals surface area contributed by atoms with Gasteiger partial charge in [0.1, 0.15) is 5.82 Å². The van der Waals surface area contributed by atoms with Gasteiger partial charge in [0.15, 0.2) is 5.69 Å². The summed E-state index contributed by atoms with van der Waals surface area (Å²) in [5, 5.41) is 3.13. The second-order valence-corrected chi connectivity index (χ2v) is 10.9. The number of hydrogen-bond acceptors (Lipinski definition) is 5. The quantitative estimate of drug-likeness (QED) is 0.669. The highest BCUT2D eigenvalue weighted by Gasteiger charge is 2.51. The summed E-state index contributed by atoms with van der Waals surface area (Å²) in [6, 6.07) is 10.3. The molecule has 2 saturated heterocycles.